The molecule has 0 nitrogen and oxygen atoms in total. The van der Waals surface area contributed by atoms with Crippen LogP contribution in [0.25, 0.3) is 0 Å². The van der Waals surface area contributed by atoms with E-state index in [1.165, 1.54) is 22.6 Å². The van der Waals surface area contributed by atoms with Crippen LogP contribution >= 0.6 is 15.8 Å². The zero-order chi connectivity index (χ0) is 24.2. The minimum atomic E-state index is 0. The van der Waals surface area contributed by atoms with Gasteiger partial charge in [-0.2, -0.15) is 0 Å². The van der Waals surface area contributed by atoms with Crippen LogP contribution in [0.4, 0.5) is 0 Å². The maximum absolute atomic E-state index is 3.63. The van der Waals surface area contributed by atoms with E-state index in [1.54, 1.807) is 141 Å². The molecule has 4 saturated carbocycles. The summed E-state index contributed by atoms with van der Waals surface area (Å²) in [5, 5.41) is 0. The maximum Gasteiger partial charge on any atom is 0 e. The van der Waals surface area contributed by atoms with Crippen molar-refractivity contribution in [1.82, 2.24) is 0 Å². The van der Waals surface area contributed by atoms with Gasteiger partial charge in [-0.1, -0.05) is 120 Å². The molecule has 0 atom stereocenters. The summed E-state index contributed by atoms with van der Waals surface area (Å²) in [6.45, 7) is 10.0. The Bertz CT molecular complexity index is 456. The molecule has 4 fully saturated rings. The van der Waals surface area contributed by atoms with Crippen LogP contribution in [0, 0.1) is 5.41 Å². The third-order valence-electron chi connectivity index (χ3n) is 9.40. The molecule has 0 heterocycles. The van der Waals surface area contributed by atoms with E-state index < -0.39 is 0 Å². The minimum Gasteiger partial charge on any atom is -0.103 e. The number of rotatable bonds is 7. The first-order valence-electron chi connectivity index (χ1n) is 15.6. The molecule has 0 aliphatic heterocycles. The van der Waals surface area contributed by atoms with Gasteiger partial charge in [0.25, 0.3) is 0 Å². The molecule has 0 spiro atoms. The molecular weight excluding hydrogens is 641 g/mol. The molecule has 0 N–H and O–H groups in total. The van der Waals surface area contributed by atoms with Crippen LogP contribution in [-0.4, -0.2) is 35.0 Å². The summed E-state index contributed by atoms with van der Waals surface area (Å²) < 4.78 is 0. The molecule has 0 aromatic carbocycles. The van der Waals surface area contributed by atoms with Gasteiger partial charge in [0, 0.05) is 21.1 Å². The zero-order valence-electron chi connectivity index (χ0n) is 23.9. The van der Waals surface area contributed by atoms with Crippen LogP contribution in [0.2, 0.25) is 0 Å². The normalized spacial score (nSPS) is 24.0. The van der Waals surface area contributed by atoms with Crippen molar-refractivity contribution in [2.24, 2.45) is 5.41 Å². The fraction of sp³-hybridized carbons (Fsp3) is 0.938. The second kappa shape index (κ2) is 17.8. The third-order valence-corrected chi connectivity index (χ3v) is 17.1. The van der Waals surface area contributed by atoms with Crippen molar-refractivity contribution in [3.63, 3.8) is 0 Å². The van der Waals surface area contributed by atoms with E-state index in [4.69, 9.17) is 0 Å². The summed E-state index contributed by atoms with van der Waals surface area (Å²) in [5.74, 6) is 0. The number of hydrogen-bond acceptors (Lipinski definition) is 0. The van der Waals surface area contributed by atoms with E-state index >= 15 is 0 Å². The first kappa shape index (κ1) is 32.5. The SMILES string of the molecule is C1CCC(P(CCP(C2CCCCC2)C2CCCCC2)C2CCCCC2)CC1.C=CC(C)(C)C.[Pt]. The van der Waals surface area contributed by atoms with Gasteiger partial charge in [-0.05, 0) is 91.7 Å². The van der Waals surface area contributed by atoms with E-state index in [0.29, 0.717) is 21.3 Å². The molecular formula is C32H60P2Pt. The van der Waals surface area contributed by atoms with Gasteiger partial charge in [-0.3, -0.25) is 0 Å². The van der Waals surface area contributed by atoms with Crippen LogP contribution < -0.4 is 0 Å². The molecule has 3 heteroatoms. The molecule has 0 radical (unpaired) electrons. The van der Waals surface area contributed by atoms with Crippen molar-refractivity contribution in [2.45, 2.75) is 172 Å². The van der Waals surface area contributed by atoms with Gasteiger partial charge in [-0.15, -0.1) is 6.58 Å². The van der Waals surface area contributed by atoms with Crippen LogP contribution in [0.5, 0.6) is 0 Å². The molecule has 0 saturated heterocycles. The van der Waals surface area contributed by atoms with Gasteiger partial charge in [0.05, 0.1) is 0 Å². The largest absolute Gasteiger partial charge is 0.103 e. The van der Waals surface area contributed by atoms with E-state index in [-0.39, 0.29) is 21.1 Å². The Morgan fingerprint density at radius 2 is 0.714 bits per heavy atom. The Morgan fingerprint density at radius 1 is 0.514 bits per heavy atom. The van der Waals surface area contributed by atoms with Gasteiger partial charge in [-0.25, -0.2) is 0 Å². The van der Waals surface area contributed by atoms with Crippen LogP contribution in [0.15, 0.2) is 12.7 Å². The molecule has 4 rings (SSSR count). The molecule has 4 aliphatic rings. The first-order valence-corrected chi connectivity index (χ1v) is 19.0. The van der Waals surface area contributed by atoms with Gasteiger partial charge in [0.15, 0.2) is 0 Å². The Labute approximate surface area is 238 Å². The number of hydrogen-bond donors (Lipinski definition) is 0. The van der Waals surface area contributed by atoms with E-state index in [1.807, 2.05) is 6.08 Å². The van der Waals surface area contributed by atoms with Crippen LogP contribution in [0.1, 0.15) is 149 Å². The third kappa shape index (κ3) is 11.9. The Balaban J connectivity index is 0.000000552. The van der Waals surface area contributed by atoms with E-state index in [9.17, 15) is 0 Å². The summed E-state index contributed by atoms with van der Waals surface area (Å²) in [6, 6.07) is 0. The maximum atomic E-state index is 3.63. The number of allylic oxidation sites excluding steroid dienone is 1. The summed E-state index contributed by atoms with van der Waals surface area (Å²) >= 11 is 0. The molecule has 0 aromatic heterocycles. The van der Waals surface area contributed by atoms with Gasteiger partial charge >= 0.3 is 0 Å². The van der Waals surface area contributed by atoms with Gasteiger partial charge < -0.3 is 0 Å². The average Bonchev–Trinajstić information content (AvgIpc) is 2.89. The molecule has 0 amide bonds. The molecule has 0 unspecified atom stereocenters. The Kier molecular flexibility index (Phi) is 16.5. The molecule has 4 aliphatic carbocycles. The Morgan fingerprint density at radius 3 is 0.886 bits per heavy atom. The van der Waals surface area contributed by atoms with Gasteiger partial charge in [0.2, 0.25) is 0 Å². The van der Waals surface area contributed by atoms with Crippen molar-refractivity contribution >= 4 is 15.8 Å². The predicted molar refractivity (Wildman–Crippen MR) is 161 cm³/mol. The molecule has 0 bridgehead atoms. The van der Waals surface area contributed by atoms with Crippen molar-refractivity contribution in [1.29, 1.82) is 0 Å². The molecule has 208 valence electrons. The quantitative estimate of drug-likeness (QED) is 0.183. The van der Waals surface area contributed by atoms with Crippen LogP contribution in [0.3, 0.4) is 0 Å². The topological polar surface area (TPSA) is 0 Å². The fourth-order valence-corrected chi connectivity index (χ4v) is 15.8. The summed E-state index contributed by atoms with van der Waals surface area (Å²) in [7, 11) is 0.689. The Hall–Kier alpha value is 1.29. The van der Waals surface area contributed by atoms with Crippen molar-refractivity contribution in [2.75, 3.05) is 12.3 Å². The predicted octanol–water partition coefficient (Wildman–Crippen LogP) is 11.5. The van der Waals surface area contributed by atoms with Crippen molar-refractivity contribution < 1.29 is 21.1 Å². The standard InChI is InChI=1S/C26H48P2.C6H12.Pt/c1-5-13-23(14-6-1)27(24-15-7-2-8-16-24)21-22-28(25-17-9-3-10-18-25)26-19-11-4-12-20-26;1-5-6(2,3)4;/h23-26H,1-22H2;5H,1H2,2-4H3;. The monoisotopic (exact) mass is 701 g/mol. The van der Waals surface area contributed by atoms with E-state index in [2.05, 4.69) is 27.4 Å². The average molecular weight is 702 g/mol. The summed E-state index contributed by atoms with van der Waals surface area (Å²) in [5.41, 5.74) is 5.03. The second-order valence-corrected chi connectivity index (χ2v) is 19.1. The van der Waals surface area contributed by atoms with Crippen molar-refractivity contribution in [3.8, 4) is 0 Å². The van der Waals surface area contributed by atoms with Crippen LogP contribution in [-0.2, 0) is 21.1 Å². The fourth-order valence-electron chi connectivity index (χ4n) is 7.21. The van der Waals surface area contributed by atoms with Gasteiger partial charge in [0.1, 0.15) is 0 Å². The first-order chi connectivity index (χ1) is 16.5. The molecule has 0 aromatic rings. The summed E-state index contributed by atoms with van der Waals surface area (Å²) in [4.78, 5) is 0. The molecule has 35 heavy (non-hydrogen) atoms. The summed E-state index contributed by atoms with van der Waals surface area (Å²) in [6.07, 6.45) is 37.0. The second-order valence-electron chi connectivity index (χ2n) is 13.2. The zero-order valence-corrected chi connectivity index (χ0v) is 27.9. The minimum absolute atomic E-state index is 0. The van der Waals surface area contributed by atoms with Crippen molar-refractivity contribution in [3.05, 3.63) is 12.7 Å². The smallest absolute Gasteiger partial charge is 0 e. The van der Waals surface area contributed by atoms with E-state index in [0.717, 1.165) is 0 Å².